The van der Waals surface area contributed by atoms with Gasteiger partial charge in [-0.2, -0.15) is 18.2 Å². The van der Waals surface area contributed by atoms with Crippen molar-refractivity contribution in [3.8, 4) is 17.1 Å². The van der Waals surface area contributed by atoms with Crippen molar-refractivity contribution < 1.29 is 27.8 Å². The first-order valence-corrected chi connectivity index (χ1v) is 9.23. The Labute approximate surface area is 164 Å². The number of halogens is 3. The topological polar surface area (TPSA) is 83.8 Å². The first-order chi connectivity index (χ1) is 13.9. The maximum absolute atomic E-state index is 13.6. The van der Waals surface area contributed by atoms with Gasteiger partial charge in [0, 0.05) is 37.9 Å². The fourth-order valence-electron chi connectivity index (χ4n) is 3.37. The lowest BCUT2D eigenvalue weighted by Gasteiger charge is -2.32. The molecule has 1 N–H and O–H groups in total. The Kier molecular flexibility index (Phi) is 5.41. The average molecular weight is 411 g/mol. The lowest BCUT2D eigenvalue weighted by molar-refractivity contribution is -0.141. The summed E-state index contributed by atoms with van der Waals surface area (Å²) in [6.07, 6.45) is -3.75. The molecular weight excluding hydrogens is 391 g/mol. The van der Waals surface area contributed by atoms with Crippen LogP contribution in [0.5, 0.6) is 6.01 Å². The van der Waals surface area contributed by atoms with Gasteiger partial charge in [-0.05, 0) is 17.7 Å². The van der Waals surface area contributed by atoms with E-state index in [9.17, 15) is 18.3 Å². The largest absolute Gasteiger partial charge is 0.479 e. The minimum absolute atomic E-state index is 0.207. The molecule has 0 aliphatic carbocycles. The van der Waals surface area contributed by atoms with E-state index < -0.39 is 17.9 Å². The second kappa shape index (κ2) is 7.99. The number of alkyl halides is 3. The molecule has 0 amide bonds. The molecule has 2 aromatic rings. The summed E-state index contributed by atoms with van der Waals surface area (Å²) < 4.78 is 51.4. The van der Waals surface area contributed by atoms with Crippen LogP contribution in [0.15, 0.2) is 18.3 Å². The van der Waals surface area contributed by atoms with Crippen LogP contribution in [0.2, 0.25) is 0 Å². The number of hydrogen-bond acceptors (Lipinski definition) is 8. The number of aromatic nitrogens is 3. The number of aromatic hydroxyl groups is 1. The van der Waals surface area contributed by atoms with E-state index in [1.54, 1.807) is 12.1 Å². The van der Waals surface area contributed by atoms with Gasteiger partial charge in [-0.15, -0.1) is 0 Å². The van der Waals surface area contributed by atoms with Gasteiger partial charge in [0.1, 0.15) is 11.6 Å². The van der Waals surface area contributed by atoms with Crippen molar-refractivity contribution in [1.82, 2.24) is 15.0 Å². The Hall–Kier alpha value is -2.66. The highest BCUT2D eigenvalue weighted by Crippen LogP contribution is 2.38. The SMILES string of the molecule is Oc1ncc(-c2cc(N3CCOCC3)nc(N3CCOCC3)c2)c(C(F)(F)F)n1. The maximum Gasteiger partial charge on any atom is 0.434 e. The van der Waals surface area contributed by atoms with Gasteiger partial charge in [-0.1, -0.05) is 0 Å². The van der Waals surface area contributed by atoms with E-state index in [1.807, 2.05) is 9.80 Å². The molecule has 2 aliphatic rings. The van der Waals surface area contributed by atoms with Gasteiger partial charge in [0.2, 0.25) is 0 Å². The van der Waals surface area contributed by atoms with Crippen LogP contribution < -0.4 is 9.80 Å². The van der Waals surface area contributed by atoms with Crippen molar-refractivity contribution in [2.24, 2.45) is 0 Å². The second-order valence-corrected chi connectivity index (χ2v) is 6.70. The molecule has 156 valence electrons. The van der Waals surface area contributed by atoms with Gasteiger partial charge >= 0.3 is 12.2 Å². The number of rotatable bonds is 3. The van der Waals surface area contributed by atoms with Crippen LogP contribution in [0.25, 0.3) is 11.1 Å². The predicted octanol–water partition coefficient (Wildman–Crippen LogP) is 1.94. The molecule has 2 fully saturated rings. The molecule has 0 bridgehead atoms. The highest BCUT2D eigenvalue weighted by molar-refractivity contribution is 5.72. The zero-order valence-electron chi connectivity index (χ0n) is 15.5. The van der Waals surface area contributed by atoms with Gasteiger partial charge < -0.3 is 24.4 Å². The normalized spacial score (nSPS) is 18.2. The molecule has 4 heterocycles. The van der Waals surface area contributed by atoms with E-state index >= 15 is 0 Å². The van der Waals surface area contributed by atoms with Crippen molar-refractivity contribution >= 4 is 11.6 Å². The lowest BCUT2D eigenvalue weighted by Crippen LogP contribution is -2.39. The molecule has 0 saturated carbocycles. The minimum atomic E-state index is -4.74. The molecular formula is C18H20F3N5O3. The summed E-state index contributed by atoms with van der Waals surface area (Å²) in [4.78, 5) is 15.4. The Balaban J connectivity index is 1.82. The molecule has 2 aliphatic heterocycles. The Morgan fingerprint density at radius 3 is 1.86 bits per heavy atom. The second-order valence-electron chi connectivity index (χ2n) is 6.70. The minimum Gasteiger partial charge on any atom is -0.479 e. The highest BCUT2D eigenvalue weighted by Gasteiger charge is 2.37. The van der Waals surface area contributed by atoms with Crippen LogP contribution in [0, 0.1) is 0 Å². The third-order valence-corrected chi connectivity index (χ3v) is 4.82. The summed E-state index contributed by atoms with van der Waals surface area (Å²) >= 11 is 0. The molecule has 0 unspecified atom stereocenters. The van der Waals surface area contributed by atoms with Gasteiger partial charge in [-0.25, -0.2) is 9.97 Å². The molecule has 0 atom stereocenters. The van der Waals surface area contributed by atoms with Crippen molar-refractivity contribution in [2.75, 3.05) is 62.4 Å². The molecule has 4 rings (SSSR count). The number of morpholine rings is 2. The van der Waals surface area contributed by atoms with Crippen molar-refractivity contribution in [1.29, 1.82) is 0 Å². The fraction of sp³-hybridized carbons (Fsp3) is 0.500. The standard InChI is InChI=1S/C18H20F3N5O3/c19-18(20,21)16-13(11-22-17(27)24-16)12-9-14(25-1-5-28-6-2-25)23-15(10-12)26-3-7-29-8-4-26/h9-11H,1-8H2,(H,22,24,27). The molecule has 2 aromatic heterocycles. The fourth-order valence-corrected chi connectivity index (χ4v) is 3.37. The van der Waals surface area contributed by atoms with E-state index in [1.165, 1.54) is 0 Å². The Bertz CT molecular complexity index is 832. The van der Waals surface area contributed by atoms with Crippen LogP contribution in [-0.2, 0) is 15.7 Å². The molecule has 11 heteroatoms. The molecule has 29 heavy (non-hydrogen) atoms. The Morgan fingerprint density at radius 2 is 1.38 bits per heavy atom. The zero-order valence-corrected chi connectivity index (χ0v) is 15.5. The maximum atomic E-state index is 13.6. The number of ether oxygens (including phenoxy) is 2. The smallest absolute Gasteiger partial charge is 0.434 e. The molecule has 0 spiro atoms. The number of pyridine rings is 1. The Morgan fingerprint density at radius 1 is 0.862 bits per heavy atom. The summed E-state index contributed by atoms with van der Waals surface area (Å²) in [5.74, 6) is 1.13. The van der Waals surface area contributed by atoms with Gasteiger partial charge in [0.15, 0.2) is 5.69 Å². The first-order valence-electron chi connectivity index (χ1n) is 9.23. The summed E-state index contributed by atoms with van der Waals surface area (Å²) in [6, 6.07) is 2.28. The average Bonchev–Trinajstić information content (AvgIpc) is 2.74. The predicted molar refractivity (Wildman–Crippen MR) is 98.0 cm³/mol. The first kappa shape index (κ1) is 19.6. The summed E-state index contributed by atoms with van der Waals surface area (Å²) in [6.45, 7) is 4.47. The molecule has 2 saturated heterocycles. The number of nitrogens with zero attached hydrogens (tertiary/aromatic N) is 5. The van der Waals surface area contributed by atoms with Crippen molar-refractivity contribution in [2.45, 2.75) is 6.18 Å². The van der Waals surface area contributed by atoms with E-state index in [0.29, 0.717) is 64.2 Å². The van der Waals surface area contributed by atoms with Crippen molar-refractivity contribution in [3.63, 3.8) is 0 Å². The molecule has 8 nitrogen and oxygen atoms in total. The van der Waals surface area contributed by atoms with E-state index in [2.05, 4.69) is 15.0 Å². The van der Waals surface area contributed by atoms with Crippen LogP contribution >= 0.6 is 0 Å². The van der Waals surface area contributed by atoms with Gasteiger partial charge in [-0.3, -0.25) is 0 Å². The summed E-state index contributed by atoms with van der Waals surface area (Å²) in [5.41, 5.74) is -1.10. The monoisotopic (exact) mass is 411 g/mol. The van der Waals surface area contributed by atoms with E-state index in [-0.39, 0.29) is 11.1 Å². The van der Waals surface area contributed by atoms with Crippen LogP contribution in [0.1, 0.15) is 5.69 Å². The molecule has 0 radical (unpaired) electrons. The summed E-state index contributed by atoms with van der Waals surface area (Å²) in [7, 11) is 0. The van der Waals surface area contributed by atoms with Crippen LogP contribution in [0.4, 0.5) is 24.8 Å². The van der Waals surface area contributed by atoms with Crippen molar-refractivity contribution in [3.05, 3.63) is 24.0 Å². The number of hydrogen-bond donors (Lipinski definition) is 1. The van der Waals surface area contributed by atoms with Gasteiger partial charge in [0.25, 0.3) is 0 Å². The van der Waals surface area contributed by atoms with E-state index in [0.717, 1.165) is 6.20 Å². The number of anilines is 2. The quantitative estimate of drug-likeness (QED) is 0.821. The van der Waals surface area contributed by atoms with Gasteiger partial charge in [0.05, 0.1) is 26.4 Å². The third-order valence-electron chi connectivity index (χ3n) is 4.82. The lowest BCUT2D eigenvalue weighted by atomic mass is 10.1. The van der Waals surface area contributed by atoms with Crippen LogP contribution in [-0.4, -0.2) is 72.7 Å². The zero-order chi connectivity index (χ0) is 20.4. The summed E-state index contributed by atoms with van der Waals surface area (Å²) in [5, 5.41) is 9.39. The highest BCUT2D eigenvalue weighted by atomic mass is 19.4. The van der Waals surface area contributed by atoms with Crippen LogP contribution in [0.3, 0.4) is 0 Å². The van der Waals surface area contributed by atoms with E-state index in [4.69, 9.17) is 9.47 Å². The molecule has 0 aromatic carbocycles. The third kappa shape index (κ3) is 4.35.